The topological polar surface area (TPSA) is 29.5 Å². The summed E-state index contributed by atoms with van der Waals surface area (Å²) in [5, 5.41) is 0. The predicted molar refractivity (Wildman–Crippen MR) is 44.6 cm³/mol. The highest BCUT2D eigenvalue weighted by molar-refractivity contribution is 5.67. The van der Waals surface area contributed by atoms with E-state index in [1.807, 2.05) is 13.8 Å². The monoisotopic (exact) mass is 159 g/mol. The van der Waals surface area contributed by atoms with Gasteiger partial charge in [-0.2, -0.15) is 0 Å². The first-order valence-electron chi connectivity index (χ1n) is 4.10. The summed E-state index contributed by atoms with van der Waals surface area (Å²) >= 11 is 0. The van der Waals surface area contributed by atoms with Crippen LogP contribution in [-0.2, 0) is 4.74 Å². The van der Waals surface area contributed by atoms with Crippen LogP contribution in [0.3, 0.4) is 0 Å². The van der Waals surface area contributed by atoms with Crippen molar-refractivity contribution < 1.29 is 9.53 Å². The lowest BCUT2D eigenvalue weighted by molar-refractivity contribution is 0.111. The van der Waals surface area contributed by atoms with Crippen molar-refractivity contribution in [3.05, 3.63) is 0 Å². The standard InChI is InChI=1S/C8H17NO2/c1-4-6-9(3)8(10)11-7-5-2/h4-7H2,1-3H3. The van der Waals surface area contributed by atoms with Gasteiger partial charge in [-0.1, -0.05) is 13.8 Å². The first-order valence-corrected chi connectivity index (χ1v) is 4.10. The van der Waals surface area contributed by atoms with Crippen molar-refractivity contribution >= 4 is 6.09 Å². The SMILES string of the molecule is CCCOC(=O)N(C)CCC. The quantitative estimate of drug-likeness (QED) is 0.626. The lowest BCUT2D eigenvalue weighted by Gasteiger charge is -2.15. The second-order valence-corrected chi connectivity index (χ2v) is 2.54. The highest BCUT2D eigenvalue weighted by Gasteiger charge is 2.06. The molecule has 0 aromatic rings. The molecule has 0 aliphatic carbocycles. The van der Waals surface area contributed by atoms with E-state index >= 15 is 0 Å². The van der Waals surface area contributed by atoms with Gasteiger partial charge in [-0.15, -0.1) is 0 Å². The molecule has 0 aliphatic heterocycles. The fraction of sp³-hybridized carbons (Fsp3) is 0.875. The summed E-state index contributed by atoms with van der Waals surface area (Å²) < 4.78 is 4.89. The molecule has 11 heavy (non-hydrogen) atoms. The maximum absolute atomic E-state index is 11.0. The third-order valence-corrected chi connectivity index (χ3v) is 1.30. The smallest absolute Gasteiger partial charge is 0.409 e. The second kappa shape index (κ2) is 6.01. The zero-order valence-corrected chi connectivity index (χ0v) is 7.59. The van der Waals surface area contributed by atoms with E-state index in [9.17, 15) is 4.79 Å². The maximum atomic E-state index is 11.0. The number of carbonyl (C=O) groups is 1. The van der Waals surface area contributed by atoms with Crippen LogP contribution in [-0.4, -0.2) is 31.2 Å². The van der Waals surface area contributed by atoms with Crippen LogP contribution in [0.25, 0.3) is 0 Å². The molecule has 0 aromatic carbocycles. The van der Waals surface area contributed by atoms with Crippen molar-refractivity contribution in [3.8, 4) is 0 Å². The Balaban J connectivity index is 3.47. The van der Waals surface area contributed by atoms with Gasteiger partial charge < -0.3 is 9.64 Å². The Kier molecular flexibility index (Phi) is 5.61. The number of rotatable bonds is 4. The summed E-state index contributed by atoms with van der Waals surface area (Å²) in [5.74, 6) is 0. The molecule has 0 heterocycles. The van der Waals surface area contributed by atoms with Crippen LogP contribution in [0.15, 0.2) is 0 Å². The van der Waals surface area contributed by atoms with Gasteiger partial charge in [-0.25, -0.2) is 4.79 Å². The molecule has 0 atom stereocenters. The Labute approximate surface area is 68.3 Å². The minimum atomic E-state index is -0.214. The van der Waals surface area contributed by atoms with Gasteiger partial charge in [0.2, 0.25) is 0 Å². The molecular formula is C8H17NO2. The van der Waals surface area contributed by atoms with Crippen LogP contribution < -0.4 is 0 Å². The van der Waals surface area contributed by atoms with Crippen LogP contribution in [0.5, 0.6) is 0 Å². The molecule has 66 valence electrons. The first kappa shape index (κ1) is 10.3. The molecule has 0 saturated carbocycles. The van der Waals surface area contributed by atoms with Crippen molar-refractivity contribution in [2.24, 2.45) is 0 Å². The molecule has 0 fully saturated rings. The number of nitrogens with zero attached hydrogens (tertiary/aromatic N) is 1. The van der Waals surface area contributed by atoms with Crippen LogP contribution in [0.1, 0.15) is 26.7 Å². The number of carbonyl (C=O) groups excluding carboxylic acids is 1. The van der Waals surface area contributed by atoms with Gasteiger partial charge in [0.25, 0.3) is 0 Å². The third-order valence-electron chi connectivity index (χ3n) is 1.30. The van der Waals surface area contributed by atoms with Gasteiger partial charge in [0.05, 0.1) is 6.61 Å². The minimum Gasteiger partial charge on any atom is -0.449 e. The number of hydrogen-bond acceptors (Lipinski definition) is 2. The fourth-order valence-corrected chi connectivity index (χ4v) is 0.726. The van der Waals surface area contributed by atoms with Crippen LogP contribution in [0.4, 0.5) is 4.79 Å². The summed E-state index contributed by atoms with van der Waals surface area (Å²) in [6.45, 7) is 5.30. The molecule has 0 bridgehead atoms. The molecule has 0 rings (SSSR count). The Morgan fingerprint density at radius 3 is 2.45 bits per heavy atom. The van der Waals surface area contributed by atoms with Gasteiger partial charge in [0.1, 0.15) is 0 Å². The molecule has 0 saturated heterocycles. The predicted octanol–water partition coefficient (Wildman–Crippen LogP) is 1.87. The zero-order valence-electron chi connectivity index (χ0n) is 7.59. The lowest BCUT2D eigenvalue weighted by atomic mass is 10.4. The first-order chi connectivity index (χ1) is 5.22. The fourth-order valence-electron chi connectivity index (χ4n) is 0.726. The molecule has 0 unspecified atom stereocenters. The Bertz CT molecular complexity index is 115. The molecule has 3 heteroatoms. The second-order valence-electron chi connectivity index (χ2n) is 2.54. The van der Waals surface area contributed by atoms with Gasteiger partial charge in [-0.3, -0.25) is 0 Å². The molecule has 1 amide bonds. The summed E-state index contributed by atoms with van der Waals surface area (Å²) in [4.78, 5) is 12.6. The summed E-state index contributed by atoms with van der Waals surface area (Å²) in [5.41, 5.74) is 0. The van der Waals surface area contributed by atoms with Crippen LogP contribution in [0.2, 0.25) is 0 Å². The molecule has 3 nitrogen and oxygen atoms in total. The lowest BCUT2D eigenvalue weighted by Crippen LogP contribution is -2.28. The Morgan fingerprint density at radius 2 is 2.00 bits per heavy atom. The zero-order chi connectivity index (χ0) is 8.69. The maximum Gasteiger partial charge on any atom is 0.409 e. The molecule has 0 N–H and O–H groups in total. The number of ether oxygens (including phenoxy) is 1. The van der Waals surface area contributed by atoms with Crippen molar-refractivity contribution in [2.45, 2.75) is 26.7 Å². The normalized spacial score (nSPS) is 9.36. The van der Waals surface area contributed by atoms with Gasteiger partial charge >= 0.3 is 6.09 Å². The van der Waals surface area contributed by atoms with Gasteiger partial charge in [-0.05, 0) is 12.8 Å². The highest BCUT2D eigenvalue weighted by atomic mass is 16.6. The summed E-state index contributed by atoms with van der Waals surface area (Å²) in [6.07, 6.45) is 1.64. The van der Waals surface area contributed by atoms with E-state index in [1.54, 1.807) is 11.9 Å². The third kappa shape index (κ3) is 4.65. The number of hydrogen-bond donors (Lipinski definition) is 0. The average Bonchev–Trinajstić information content (AvgIpc) is 2.00. The molecule has 0 spiro atoms. The largest absolute Gasteiger partial charge is 0.449 e. The average molecular weight is 159 g/mol. The van der Waals surface area contributed by atoms with Crippen LogP contribution in [0, 0.1) is 0 Å². The van der Waals surface area contributed by atoms with E-state index in [2.05, 4.69) is 0 Å². The van der Waals surface area contributed by atoms with Crippen molar-refractivity contribution in [2.75, 3.05) is 20.2 Å². The summed E-state index contributed by atoms with van der Waals surface area (Å²) in [7, 11) is 1.75. The van der Waals surface area contributed by atoms with E-state index in [-0.39, 0.29) is 6.09 Å². The van der Waals surface area contributed by atoms with Gasteiger partial charge in [0.15, 0.2) is 0 Å². The molecular weight excluding hydrogens is 142 g/mol. The van der Waals surface area contributed by atoms with Crippen molar-refractivity contribution in [1.29, 1.82) is 0 Å². The molecule has 0 aliphatic rings. The van der Waals surface area contributed by atoms with E-state index < -0.39 is 0 Å². The summed E-state index contributed by atoms with van der Waals surface area (Å²) in [6, 6.07) is 0. The van der Waals surface area contributed by atoms with Crippen molar-refractivity contribution in [3.63, 3.8) is 0 Å². The number of amides is 1. The van der Waals surface area contributed by atoms with E-state index in [0.29, 0.717) is 6.61 Å². The van der Waals surface area contributed by atoms with Crippen LogP contribution >= 0.6 is 0 Å². The van der Waals surface area contributed by atoms with E-state index in [1.165, 1.54) is 0 Å². The molecule has 0 aromatic heterocycles. The Hall–Kier alpha value is -0.730. The van der Waals surface area contributed by atoms with E-state index in [4.69, 9.17) is 4.74 Å². The van der Waals surface area contributed by atoms with Crippen molar-refractivity contribution in [1.82, 2.24) is 4.90 Å². The minimum absolute atomic E-state index is 0.214. The molecule has 0 radical (unpaired) electrons. The van der Waals surface area contributed by atoms with E-state index in [0.717, 1.165) is 19.4 Å². The Morgan fingerprint density at radius 1 is 1.36 bits per heavy atom. The van der Waals surface area contributed by atoms with Gasteiger partial charge in [0, 0.05) is 13.6 Å². The highest BCUT2D eigenvalue weighted by Crippen LogP contribution is 1.92.